The average Bonchev–Trinajstić information content (AvgIpc) is 3.34. The number of thiophene rings is 1. The maximum Gasteiger partial charge on any atom is 0.262 e. The Morgan fingerprint density at radius 2 is 1.74 bits per heavy atom. The fourth-order valence-corrected chi connectivity index (χ4v) is 4.05. The molecule has 31 heavy (non-hydrogen) atoms. The molecule has 0 aliphatic carbocycles. The topological polar surface area (TPSA) is 76.7 Å². The van der Waals surface area contributed by atoms with Crippen molar-refractivity contribution in [2.45, 2.75) is 25.4 Å². The van der Waals surface area contributed by atoms with Crippen LogP contribution in [0.2, 0.25) is 0 Å². The van der Waals surface area contributed by atoms with Crippen LogP contribution < -0.4 is 20.1 Å². The van der Waals surface area contributed by atoms with Crippen LogP contribution in [-0.4, -0.2) is 31.1 Å². The van der Waals surface area contributed by atoms with E-state index in [1.165, 1.54) is 11.3 Å². The quantitative estimate of drug-likeness (QED) is 0.592. The summed E-state index contributed by atoms with van der Waals surface area (Å²) in [6.07, 6.45) is 0.400. The number of rotatable bonds is 7. The molecule has 2 N–H and O–H groups in total. The highest BCUT2D eigenvalue weighted by Crippen LogP contribution is 2.32. The van der Waals surface area contributed by atoms with Crippen molar-refractivity contribution in [1.82, 2.24) is 10.6 Å². The fraction of sp³-hybridized carbons (Fsp3) is 0.250. The van der Waals surface area contributed by atoms with E-state index in [4.69, 9.17) is 9.47 Å². The van der Waals surface area contributed by atoms with E-state index in [0.29, 0.717) is 36.0 Å². The standard InChI is InChI=1S/C24H24N2O4S/c1-16(18-9-10-20-21(15-18)30-12-11-29-20)25-23(27)19(14-17-6-3-2-4-7-17)26-24(28)22-8-5-13-31-22/h2-10,13,15-16,19H,11-12,14H2,1H3,(H,25,27)(H,26,28)/t16-,19+/m1/s1. The molecule has 0 bridgehead atoms. The summed E-state index contributed by atoms with van der Waals surface area (Å²) in [6.45, 7) is 2.94. The Morgan fingerprint density at radius 1 is 0.968 bits per heavy atom. The van der Waals surface area contributed by atoms with Gasteiger partial charge in [0.15, 0.2) is 11.5 Å². The van der Waals surface area contributed by atoms with Crippen molar-refractivity contribution in [2.24, 2.45) is 0 Å². The summed E-state index contributed by atoms with van der Waals surface area (Å²) < 4.78 is 11.2. The van der Waals surface area contributed by atoms with Crippen LogP contribution in [0.15, 0.2) is 66.0 Å². The summed E-state index contributed by atoms with van der Waals surface area (Å²) in [5, 5.41) is 7.75. The molecule has 160 valence electrons. The number of hydrogen-bond donors (Lipinski definition) is 2. The van der Waals surface area contributed by atoms with Gasteiger partial charge in [0.1, 0.15) is 19.3 Å². The molecule has 0 saturated carbocycles. The molecule has 0 saturated heterocycles. The number of carbonyl (C=O) groups is 2. The van der Waals surface area contributed by atoms with Crippen molar-refractivity contribution in [3.8, 4) is 11.5 Å². The zero-order valence-corrected chi connectivity index (χ0v) is 18.0. The lowest BCUT2D eigenvalue weighted by molar-refractivity contribution is -0.123. The molecule has 7 heteroatoms. The molecular weight excluding hydrogens is 412 g/mol. The lowest BCUT2D eigenvalue weighted by Crippen LogP contribution is -2.48. The van der Waals surface area contributed by atoms with Crippen LogP contribution in [0.25, 0.3) is 0 Å². The van der Waals surface area contributed by atoms with Gasteiger partial charge in [0.2, 0.25) is 5.91 Å². The van der Waals surface area contributed by atoms with Crippen molar-refractivity contribution < 1.29 is 19.1 Å². The van der Waals surface area contributed by atoms with Crippen LogP contribution in [-0.2, 0) is 11.2 Å². The predicted molar refractivity (Wildman–Crippen MR) is 120 cm³/mol. The van der Waals surface area contributed by atoms with Gasteiger partial charge >= 0.3 is 0 Å². The molecule has 0 spiro atoms. The van der Waals surface area contributed by atoms with E-state index in [1.54, 1.807) is 6.07 Å². The lowest BCUT2D eigenvalue weighted by Gasteiger charge is -2.23. The molecule has 6 nitrogen and oxygen atoms in total. The van der Waals surface area contributed by atoms with Crippen molar-refractivity contribution in [3.63, 3.8) is 0 Å². The van der Waals surface area contributed by atoms with Gasteiger partial charge in [-0.15, -0.1) is 11.3 Å². The second kappa shape index (κ2) is 9.66. The number of benzene rings is 2. The predicted octanol–water partition coefficient (Wildman–Crippen LogP) is 3.74. The highest BCUT2D eigenvalue weighted by molar-refractivity contribution is 7.12. The second-order valence-electron chi connectivity index (χ2n) is 7.33. The van der Waals surface area contributed by atoms with Gasteiger partial charge in [0, 0.05) is 6.42 Å². The minimum atomic E-state index is -0.698. The number of amides is 2. The highest BCUT2D eigenvalue weighted by Gasteiger charge is 2.24. The summed E-state index contributed by atoms with van der Waals surface area (Å²) >= 11 is 1.35. The van der Waals surface area contributed by atoms with Crippen LogP contribution in [0, 0.1) is 0 Å². The zero-order valence-electron chi connectivity index (χ0n) is 17.2. The largest absolute Gasteiger partial charge is 0.486 e. The molecule has 0 fully saturated rings. The van der Waals surface area contributed by atoms with Gasteiger partial charge in [-0.3, -0.25) is 9.59 Å². The van der Waals surface area contributed by atoms with Gasteiger partial charge in [-0.2, -0.15) is 0 Å². The molecule has 2 heterocycles. The molecule has 2 amide bonds. The molecule has 1 aromatic heterocycles. The molecular formula is C24H24N2O4S. The van der Waals surface area contributed by atoms with E-state index in [9.17, 15) is 9.59 Å². The first kappa shape index (κ1) is 20.9. The number of nitrogens with one attached hydrogen (secondary N) is 2. The number of carbonyl (C=O) groups excluding carboxylic acids is 2. The Labute approximate surface area is 185 Å². The van der Waals surface area contributed by atoms with Gasteiger partial charge in [-0.05, 0) is 41.6 Å². The molecule has 0 radical (unpaired) electrons. The summed E-state index contributed by atoms with van der Waals surface area (Å²) in [4.78, 5) is 26.3. The third-order valence-corrected chi connectivity index (χ3v) is 5.94. The first-order chi connectivity index (χ1) is 15.1. The molecule has 1 aliphatic rings. The average molecular weight is 437 g/mol. The Kier molecular flexibility index (Phi) is 6.52. The Hall–Kier alpha value is -3.32. The van der Waals surface area contributed by atoms with E-state index in [2.05, 4.69) is 10.6 Å². The second-order valence-corrected chi connectivity index (χ2v) is 8.27. The van der Waals surface area contributed by atoms with Crippen LogP contribution in [0.3, 0.4) is 0 Å². The smallest absolute Gasteiger partial charge is 0.262 e. The first-order valence-electron chi connectivity index (χ1n) is 10.2. The molecule has 3 aromatic rings. The van der Waals surface area contributed by atoms with Crippen LogP contribution in [0.5, 0.6) is 11.5 Å². The minimum Gasteiger partial charge on any atom is -0.486 e. The monoisotopic (exact) mass is 436 g/mol. The van der Waals surface area contributed by atoms with Crippen LogP contribution in [0.1, 0.15) is 33.8 Å². The fourth-order valence-electron chi connectivity index (χ4n) is 3.42. The van der Waals surface area contributed by atoms with E-state index in [-0.39, 0.29) is 17.9 Å². The summed E-state index contributed by atoms with van der Waals surface area (Å²) in [5.74, 6) is 0.893. The van der Waals surface area contributed by atoms with Gasteiger partial charge in [-0.25, -0.2) is 0 Å². The van der Waals surface area contributed by atoms with E-state index < -0.39 is 6.04 Å². The SMILES string of the molecule is C[C@@H](NC(=O)[C@H](Cc1ccccc1)NC(=O)c1cccs1)c1ccc2c(c1)OCCO2. The number of ether oxygens (including phenoxy) is 2. The normalized spacial score (nSPS) is 14.4. The van der Waals surface area contributed by atoms with Crippen molar-refractivity contribution >= 4 is 23.2 Å². The summed E-state index contributed by atoms with van der Waals surface area (Å²) in [5.41, 5.74) is 1.88. The van der Waals surface area contributed by atoms with Gasteiger partial charge in [-0.1, -0.05) is 42.5 Å². The number of hydrogen-bond acceptors (Lipinski definition) is 5. The van der Waals surface area contributed by atoms with Crippen LogP contribution in [0.4, 0.5) is 0 Å². The Morgan fingerprint density at radius 3 is 2.48 bits per heavy atom. The number of fused-ring (bicyclic) bond motifs is 1. The maximum absolute atomic E-state index is 13.1. The molecule has 1 aliphatic heterocycles. The van der Waals surface area contributed by atoms with E-state index in [1.807, 2.05) is 66.9 Å². The van der Waals surface area contributed by atoms with Crippen molar-refractivity contribution in [2.75, 3.05) is 13.2 Å². The summed E-state index contributed by atoms with van der Waals surface area (Å²) in [6, 6.07) is 17.9. The molecule has 2 atom stereocenters. The van der Waals surface area contributed by atoms with Crippen molar-refractivity contribution in [3.05, 3.63) is 82.0 Å². The minimum absolute atomic E-state index is 0.240. The van der Waals surface area contributed by atoms with E-state index >= 15 is 0 Å². The highest BCUT2D eigenvalue weighted by atomic mass is 32.1. The molecule has 0 unspecified atom stereocenters. The van der Waals surface area contributed by atoms with Gasteiger partial charge in [0.05, 0.1) is 10.9 Å². The third-order valence-electron chi connectivity index (χ3n) is 5.07. The third kappa shape index (κ3) is 5.24. The van der Waals surface area contributed by atoms with Gasteiger partial charge in [0.25, 0.3) is 5.91 Å². The van der Waals surface area contributed by atoms with E-state index in [0.717, 1.165) is 11.1 Å². The molecule has 4 rings (SSSR count). The molecule has 2 aromatic carbocycles. The lowest BCUT2D eigenvalue weighted by atomic mass is 10.0. The maximum atomic E-state index is 13.1. The van der Waals surface area contributed by atoms with Crippen molar-refractivity contribution in [1.29, 1.82) is 0 Å². The Balaban J connectivity index is 1.48. The van der Waals surface area contributed by atoms with Crippen LogP contribution >= 0.6 is 11.3 Å². The van der Waals surface area contributed by atoms with Gasteiger partial charge < -0.3 is 20.1 Å². The zero-order chi connectivity index (χ0) is 21.6. The summed E-state index contributed by atoms with van der Waals surface area (Å²) in [7, 11) is 0. The Bertz CT molecular complexity index is 1040. The first-order valence-corrected chi connectivity index (χ1v) is 11.1.